The van der Waals surface area contributed by atoms with Crippen LogP contribution < -0.4 is 0 Å². The van der Waals surface area contributed by atoms with Crippen LogP contribution in [0.25, 0.3) is 0 Å². The minimum Gasteiger partial charge on any atom is -0.295 e. The fraction of sp³-hybridized carbons (Fsp3) is 0.400. The molecule has 0 spiro atoms. The maximum atomic E-state index is 6.29. The van der Waals surface area contributed by atoms with Gasteiger partial charge in [0.05, 0.1) is 5.69 Å². The first-order chi connectivity index (χ1) is 9.11. The van der Waals surface area contributed by atoms with Gasteiger partial charge in [-0.3, -0.25) is 9.58 Å². The lowest BCUT2D eigenvalue weighted by Crippen LogP contribution is -2.22. The molecule has 1 aromatic heterocycles. The summed E-state index contributed by atoms with van der Waals surface area (Å²) in [7, 11) is 1.88. The Labute approximate surface area is 119 Å². The van der Waals surface area contributed by atoms with Crippen molar-refractivity contribution in [3.05, 3.63) is 52.3 Å². The normalized spacial score (nSPS) is 11.2. The molecule has 0 atom stereocenters. The zero-order valence-electron chi connectivity index (χ0n) is 11.7. The van der Waals surface area contributed by atoms with E-state index in [4.69, 9.17) is 11.6 Å². The molecular weight excluding hydrogens is 258 g/mol. The standard InChI is InChI=1S/C15H20ClN3/c1-4-19(10-13-8-6-5-7-9-13)11-14-12(2)17-18(3)15(14)16/h5-9H,4,10-11H2,1-3H3. The molecule has 1 aromatic carbocycles. The Morgan fingerprint density at radius 3 is 2.42 bits per heavy atom. The average Bonchev–Trinajstić information content (AvgIpc) is 2.65. The lowest BCUT2D eigenvalue weighted by Gasteiger charge is -2.20. The molecule has 3 nitrogen and oxygen atoms in total. The smallest absolute Gasteiger partial charge is 0.131 e. The monoisotopic (exact) mass is 277 g/mol. The molecule has 0 saturated carbocycles. The molecule has 2 aromatic rings. The second-order valence-corrected chi connectivity index (χ2v) is 5.13. The van der Waals surface area contributed by atoms with E-state index < -0.39 is 0 Å². The first-order valence-electron chi connectivity index (χ1n) is 6.56. The summed E-state index contributed by atoms with van der Waals surface area (Å²) in [6.07, 6.45) is 0. The van der Waals surface area contributed by atoms with E-state index >= 15 is 0 Å². The van der Waals surface area contributed by atoms with E-state index in [1.165, 1.54) is 5.56 Å². The largest absolute Gasteiger partial charge is 0.295 e. The van der Waals surface area contributed by atoms with Gasteiger partial charge in [0.1, 0.15) is 5.15 Å². The summed E-state index contributed by atoms with van der Waals surface area (Å²) in [6, 6.07) is 10.5. The van der Waals surface area contributed by atoms with E-state index in [-0.39, 0.29) is 0 Å². The molecule has 0 aliphatic heterocycles. The molecule has 19 heavy (non-hydrogen) atoms. The molecule has 0 saturated heterocycles. The average molecular weight is 278 g/mol. The van der Waals surface area contributed by atoms with Gasteiger partial charge in [0.2, 0.25) is 0 Å². The quantitative estimate of drug-likeness (QED) is 0.835. The SMILES string of the molecule is CCN(Cc1ccccc1)Cc1c(C)nn(C)c1Cl. The van der Waals surface area contributed by atoms with Crippen molar-refractivity contribution >= 4 is 11.6 Å². The van der Waals surface area contributed by atoms with Crippen LogP contribution in [0.3, 0.4) is 0 Å². The third-order valence-electron chi connectivity index (χ3n) is 3.35. The summed E-state index contributed by atoms with van der Waals surface area (Å²) in [5, 5.41) is 5.10. The predicted molar refractivity (Wildman–Crippen MR) is 79.2 cm³/mol. The van der Waals surface area contributed by atoms with Crippen LogP contribution in [-0.4, -0.2) is 21.2 Å². The van der Waals surface area contributed by atoms with Crippen LogP contribution in [0, 0.1) is 6.92 Å². The van der Waals surface area contributed by atoms with Crippen LogP contribution in [0.4, 0.5) is 0 Å². The van der Waals surface area contributed by atoms with Crippen LogP contribution in [0.15, 0.2) is 30.3 Å². The van der Waals surface area contributed by atoms with Crippen molar-refractivity contribution in [1.29, 1.82) is 0 Å². The van der Waals surface area contributed by atoms with E-state index in [2.05, 4.69) is 41.2 Å². The maximum Gasteiger partial charge on any atom is 0.131 e. The molecule has 2 rings (SSSR count). The van der Waals surface area contributed by atoms with Crippen molar-refractivity contribution in [1.82, 2.24) is 14.7 Å². The highest BCUT2D eigenvalue weighted by molar-refractivity contribution is 6.30. The van der Waals surface area contributed by atoms with Crippen LogP contribution >= 0.6 is 11.6 Å². The first-order valence-corrected chi connectivity index (χ1v) is 6.93. The Balaban J connectivity index is 2.11. The molecular formula is C15H20ClN3. The third kappa shape index (κ3) is 3.37. The van der Waals surface area contributed by atoms with Gasteiger partial charge in [-0.2, -0.15) is 5.10 Å². The molecule has 0 aliphatic carbocycles. The molecule has 0 aliphatic rings. The molecule has 0 bridgehead atoms. The molecule has 0 radical (unpaired) electrons. The number of aromatic nitrogens is 2. The molecule has 0 unspecified atom stereocenters. The first kappa shape index (κ1) is 14.1. The fourth-order valence-electron chi connectivity index (χ4n) is 2.20. The van der Waals surface area contributed by atoms with Crippen LogP contribution in [0.2, 0.25) is 5.15 Å². The summed E-state index contributed by atoms with van der Waals surface area (Å²) in [6.45, 7) is 6.94. The van der Waals surface area contributed by atoms with Gasteiger partial charge in [0.15, 0.2) is 0 Å². The van der Waals surface area contributed by atoms with Crippen LogP contribution in [0.1, 0.15) is 23.7 Å². The van der Waals surface area contributed by atoms with Crippen molar-refractivity contribution in [3.63, 3.8) is 0 Å². The van der Waals surface area contributed by atoms with Crippen molar-refractivity contribution < 1.29 is 0 Å². The Morgan fingerprint density at radius 2 is 1.89 bits per heavy atom. The second-order valence-electron chi connectivity index (χ2n) is 4.77. The van der Waals surface area contributed by atoms with Crippen molar-refractivity contribution in [2.24, 2.45) is 7.05 Å². The van der Waals surface area contributed by atoms with Crippen molar-refractivity contribution in [3.8, 4) is 0 Å². The van der Waals surface area contributed by atoms with Gasteiger partial charge in [0, 0.05) is 25.7 Å². The van der Waals surface area contributed by atoms with Crippen molar-refractivity contribution in [2.45, 2.75) is 26.9 Å². The summed E-state index contributed by atoms with van der Waals surface area (Å²) in [4.78, 5) is 2.37. The third-order valence-corrected chi connectivity index (χ3v) is 3.82. The Kier molecular flexibility index (Phi) is 4.61. The maximum absolute atomic E-state index is 6.29. The highest BCUT2D eigenvalue weighted by atomic mass is 35.5. The number of rotatable bonds is 5. The van der Waals surface area contributed by atoms with Crippen LogP contribution in [-0.2, 0) is 20.1 Å². The van der Waals surface area contributed by atoms with E-state index in [0.29, 0.717) is 0 Å². The number of hydrogen-bond donors (Lipinski definition) is 0. The van der Waals surface area contributed by atoms with E-state index in [1.54, 1.807) is 4.68 Å². The number of hydrogen-bond acceptors (Lipinski definition) is 2. The van der Waals surface area contributed by atoms with Gasteiger partial charge in [-0.25, -0.2) is 0 Å². The van der Waals surface area contributed by atoms with Gasteiger partial charge in [-0.1, -0.05) is 48.9 Å². The lowest BCUT2D eigenvalue weighted by molar-refractivity contribution is 0.271. The Hall–Kier alpha value is -1.32. The Morgan fingerprint density at radius 1 is 1.21 bits per heavy atom. The fourth-order valence-corrected chi connectivity index (χ4v) is 2.43. The highest BCUT2D eigenvalue weighted by Gasteiger charge is 2.14. The van der Waals surface area contributed by atoms with Gasteiger partial charge >= 0.3 is 0 Å². The van der Waals surface area contributed by atoms with Gasteiger partial charge < -0.3 is 0 Å². The van der Waals surface area contributed by atoms with E-state index in [1.807, 2.05) is 20.0 Å². The molecule has 102 valence electrons. The summed E-state index contributed by atoms with van der Waals surface area (Å²) < 4.78 is 1.74. The van der Waals surface area contributed by atoms with Gasteiger partial charge in [-0.15, -0.1) is 0 Å². The van der Waals surface area contributed by atoms with Crippen LogP contribution in [0.5, 0.6) is 0 Å². The molecule has 0 amide bonds. The minimum atomic E-state index is 0.740. The minimum absolute atomic E-state index is 0.740. The Bertz CT molecular complexity index is 534. The van der Waals surface area contributed by atoms with E-state index in [0.717, 1.165) is 36.0 Å². The predicted octanol–water partition coefficient (Wildman–Crippen LogP) is 3.40. The van der Waals surface area contributed by atoms with Gasteiger partial charge in [0.25, 0.3) is 0 Å². The van der Waals surface area contributed by atoms with E-state index in [9.17, 15) is 0 Å². The lowest BCUT2D eigenvalue weighted by atomic mass is 10.2. The summed E-state index contributed by atoms with van der Waals surface area (Å²) in [5.41, 5.74) is 3.46. The molecule has 0 fully saturated rings. The van der Waals surface area contributed by atoms with Crippen molar-refractivity contribution in [2.75, 3.05) is 6.54 Å². The topological polar surface area (TPSA) is 21.1 Å². The second kappa shape index (κ2) is 6.22. The molecule has 4 heteroatoms. The zero-order valence-corrected chi connectivity index (χ0v) is 12.5. The number of halogens is 1. The highest BCUT2D eigenvalue weighted by Crippen LogP contribution is 2.21. The van der Waals surface area contributed by atoms with Gasteiger partial charge in [-0.05, 0) is 19.0 Å². The summed E-state index contributed by atoms with van der Waals surface area (Å²) in [5.74, 6) is 0. The molecule has 1 heterocycles. The zero-order chi connectivity index (χ0) is 13.8. The molecule has 0 N–H and O–H groups in total. The number of aryl methyl sites for hydroxylation is 2. The number of nitrogens with zero attached hydrogens (tertiary/aromatic N) is 3. The summed E-state index contributed by atoms with van der Waals surface area (Å²) >= 11 is 6.29. The number of benzene rings is 1.